The zero-order chi connectivity index (χ0) is 13.3. The van der Waals surface area contributed by atoms with E-state index in [4.69, 9.17) is 5.73 Å². The van der Waals surface area contributed by atoms with Gasteiger partial charge in [0.2, 0.25) is 0 Å². The highest BCUT2D eigenvalue weighted by atomic mass is 16.3. The lowest BCUT2D eigenvalue weighted by Crippen LogP contribution is -2.57. The van der Waals surface area contributed by atoms with Gasteiger partial charge >= 0.3 is 0 Å². The van der Waals surface area contributed by atoms with Crippen molar-refractivity contribution in [2.75, 3.05) is 13.2 Å². The maximum absolute atomic E-state index is 9.47. The average molecular weight is 260 g/mol. The molecule has 4 N–H and O–H groups in total. The van der Waals surface area contributed by atoms with Crippen LogP contribution in [0.1, 0.15) is 30.4 Å². The van der Waals surface area contributed by atoms with Crippen molar-refractivity contribution in [3.63, 3.8) is 0 Å². The van der Waals surface area contributed by atoms with Crippen molar-refractivity contribution >= 4 is 0 Å². The third-order valence-corrected chi connectivity index (χ3v) is 4.95. The number of aliphatic hydroxyl groups excluding tert-OH is 1. The summed E-state index contributed by atoms with van der Waals surface area (Å²) in [6.07, 6.45) is 5.57. The number of hydrogen-bond donors (Lipinski definition) is 3. The van der Waals surface area contributed by atoms with Gasteiger partial charge in [-0.25, -0.2) is 0 Å². The van der Waals surface area contributed by atoms with E-state index in [1.54, 1.807) is 0 Å². The second kappa shape index (κ2) is 5.23. The topological polar surface area (TPSA) is 58.3 Å². The minimum absolute atomic E-state index is 0.00606. The molecule has 1 aromatic rings. The summed E-state index contributed by atoms with van der Waals surface area (Å²) in [5, 5.41) is 13.3. The molecule has 1 fully saturated rings. The highest BCUT2D eigenvalue weighted by molar-refractivity contribution is 5.36. The summed E-state index contributed by atoms with van der Waals surface area (Å²) in [6.45, 7) is 0.960. The summed E-state index contributed by atoms with van der Waals surface area (Å²) in [4.78, 5) is 0. The summed E-state index contributed by atoms with van der Waals surface area (Å²) in [6, 6.07) is 9.08. The Kier molecular flexibility index (Phi) is 3.61. The van der Waals surface area contributed by atoms with Crippen LogP contribution in [0.5, 0.6) is 0 Å². The number of rotatable bonds is 4. The van der Waals surface area contributed by atoms with Crippen LogP contribution in [0.15, 0.2) is 24.3 Å². The molecule has 3 rings (SSSR count). The standard InChI is InChI=1S/C16H24N2O/c17-11-16(18-15-7-3-6-14(15)10-19)8-12-4-1-2-5-13(12)9-16/h1-2,4-5,14-15,18-19H,3,6-11,17H2. The van der Waals surface area contributed by atoms with E-state index >= 15 is 0 Å². The first-order valence-corrected chi connectivity index (χ1v) is 7.42. The highest BCUT2D eigenvalue weighted by Gasteiger charge is 2.40. The van der Waals surface area contributed by atoms with Crippen LogP contribution in [0.4, 0.5) is 0 Å². The Bertz CT molecular complexity index is 421. The van der Waals surface area contributed by atoms with E-state index in [0.29, 0.717) is 25.1 Å². The minimum atomic E-state index is 0.00606. The molecule has 1 aromatic carbocycles. The van der Waals surface area contributed by atoms with Gasteiger partial charge in [0.1, 0.15) is 0 Å². The van der Waals surface area contributed by atoms with E-state index in [1.165, 1.54) is 24.0 Å². The van der Waals surface area contributed by atoms with E-state index in [9.17, 15) is 5.11 Å². The molecule has 104 valence electrons. The smallest absolute Gasteiger partial charge is 0.0474 e. The third-order valence-electron chi connectivity index (χ3n) is 4.95. The van der Waals surface area contributed by atoms with E-state index in [2.05, 4.69) is 29.6 Å². The molecule has 0 aliphatic heterocycles. The third kappa shape index (κ3) is 2.42. The van der Waals surface area contributed by atoms with E-state index in [-0.39, 0.29) is 5.54 Å². The predicted molar refractivity (Wildman–Crippen MR) is 77.0 cm³/mol. The van der Waals surface area contributed by atoms with Crippen LogP contribution in [0.3, 0.4) is 0 Å². The fraction of sp³-hybridized carbons (Fsp3) is 0.625. The largest absolute Gasteiger partial charge is 0.396 e. The Morgan fingerprint density at radius 1 is 1.21 bits per heavy atom. The van der Waals surface area contributed by atoms with Crippen molar-refractivity contribution in [1.29, 1.82) is 0 Å². The van der Waals surface area contributed by atoms with Crippen molar-refractivity contribution in [1.82, 2.24) is 5.32 Å². The van der Waals surface area contributed by atoms with Gasteiger partial charge in [0, 0.05) is 24.7 Å². The van der Waals surface area contributed by atoms with Crippen LogP contribution >= 0.6 is 0 Å². The molecule has 0 spiro atoms. The predicted octanol–water partition coefficient (Wildman–Crippen LogP) is 1.23. The molecule has 0 bridgehead atoms. The summed E-state index contributed by atoms with van der Waals surface area (Å²) >= 11 is 0. The summed E-state index contributed by atoms with van der Waals surface area (Å²) in [5.41, 5.74) is 8.95. The first kappa shape index (κ1) is 13.1. The quantitative estimate of drug-likeness (QED) is 0.763. The molecule has 2 atom stereocenters. The van der Waals surface area contributed by atoms with Crippen molar-refractivity contribution in [2.45, 2.75) is 43.7 Å². The molecule has 3 heteroatoms. The van der Waals surface area contributed by atoms with Crippen LogP contribution < -0.4 is 11.1 Å². The molecule has 2 aliphatic carbocycles. The molecule has 3 nitrogen and oxygen atoms in total. The lowest BCUT2D eigenvalue weighted by molar-refractivity contribution is 0.181. The Balaban J connectivity index is 1.75. The molecular formula is C16H24N2O. The molecule has 0 amide bonds. The lowest BCUT2D eigenvalue weighted by Gasteiger charge is -2.34. The SMILES string of the molecule is NCC1(NC2CCCC2CO)Cc2ccccc2C1. The van der Waals surface area contributed by atoms with Crippen molar-refractivity contribution in [2.24, 2.45) is 11.7 Å². The normalized spacial score (nSPS) is 28.5. The Morgan fingerprint density at radius 3 is 2.47 bits per heavy atom. The van der Waals surface area contributed by atoms with Crippen LogP contribution in [-0.2, 0) is 12.8 Å². The van der Waals surface area contributed by atoms with E-state index < -0.39 is 0 Å². The summed E-state index contributed by atoms with van der Waals surface area (Å²) in [7, 11) is 0. The van der Waals surface area contributed by atoms with Crippen molar-refractivity contribution in [3.8, 4) is 0 Å². The molecule has 0 heterocycles. The molecule has 0 saturated heterocycles. The van der Waals surface area contributed by atoms with Gasteiger partial charge in [0.05, 0.1) is 0 Å². The van der Waals surface area contributed by atoms with Crippen molar-refractivity contribution < 1.29 is 5.11 Å². The number of benzene rings is 1. The maximum Gasteiger partial charge on any atom is 0.0474 e. The Labute approximate surface area is 115 Å². The zero-order valence-electron chi connectivity index (χ0n) is 11.4. The minimum Gasteiger partial charge on any atom is -0.396 e. The van der Waals surface area contributed by atoms with Gasteiger partial charge < -0.3 is 16.2 Å². The van der Waals surface area contributed by atoms with Gasteiger partial charge in [-0.1, -0.05) is 30.7 Å². The van der Waals surface area contributed by atoms with Crippen LogP contribution in [0, 0.1) is 5.92 Å². The molecule has 0 radical (unpaired) electrons. The first-order chi connectivity index (χ1) is 9.26. The van der Waals surface area contributed by atoms with Gasteiger partial charge in [-0.2, -0.15) is 0 Å². The average Bonchev–Trinajstić information content (AvgIpc) is 3.02. The second-order valence-corrected chi connectivity index (χ2v) is 6.23. The van der Waals surface area contributed by atoms with Gasteiger partial charge in [0.15, 0.2) is 0 Å². The number of fused-ring (bicyclic) bond motifs is 1. The van der Waals surface area contributed by atoms with Gasteiger partial charge in [0.25, 0.3) is 0 Å². The fourth-order valence-electron chi connectivity index (χ4n) is 3.84. The van der Waals surface area contributed by atoms with Gasteiger partial charge in [-0.15, -0.1) is 0 Å². The Hall–Kier alpha value is -0.900. The van der Waals surface area contributed by atoms with Crippen LogP contribution in [-0.4, -0.2) is 29.8 Å². The summed E-state index contributed by atoms with van der Waals surface area (Å²) < 4.78 is 0. The monoisotopic (exact) mass is 260 g/mol. The molecular weight excluding hydrogens is 236 g/mol. The summed E-state index contributed by atoms with van der Waals surface area (Å²) in [5.74, 6) is 0.409. The number of nitrogens with two attached hydrogens (primary N) is 1. The highest BCUT2D eigenvalue weighted by Crippen LogP contribution is 2.33. The maximum atomic E-state index is 9.47. The lowest BCUT2D eigenvalue weighted by atomic mass is 9.92. The second-order valence-electron chi connectivity index (χ2n) is 6.23. The van der Waals surface area contributed by atoms with E-state index in [0.717, 1.165) is 19.3 Å². The number of hydrogen-bond acceptors (Lipinski definition) is 3. The fourth-order valence-corrected chi connectivity index (χ4v) is 3.84. The first-order valence-electron chi connectivity index (χ1n) is 7.42. The Morgan fingerprint density at radius 2 is 1.89 bits per heavy atom. The van der Waals surface area contributed by atoms with Gasteiger partial charge in [-0.3, -0.25) is 0 Å². The number of aliphatic hydroxyl groups is 1. The molecule has 0 aromatic heterocycles. The van der Waals surface area contributed by atoms with Crippen LogP contribution in [0.2, 0.25) is 0 Å². The molecule has 1 saturated carbocycles. The van der Waals surface area contributed by atoms with E-state index in [1.807, 2.05) is 0 Å². The molecule has 2 unspecified atom stereocenters. The molecule has 19 heavy (non-hydrogen) atoms. The van der Waals surface area contributed by atoms with Crippen molar-refractivity contribution in [3.05, 3.63) is 35.4 Å². The number of nitrogens with one attached hydrogen (secondary N) is 1. The van der Waals surface area contributed by atoms with Crippen LogP contribution in [0.25, 0.3) is 0 Å². The molecule has 2 aliphatic rings. The van der Waals surface area contributed by atoms with Gasteiger partial charge in [-0.05, 0) is 42.7 Å². The zero-order valence-corrected chi connectivity index (χ0v) is 11.4.